The number of phosphoric ester groups is 1. The smallest absolute Gasteiger partial charge is 0.387 e. The first kappa shape index (κ1) is 43.7. The number of amides is 1. The number of aliphatic hydroxyl groups excluding tert-OH is 1. The molecule has 3 unspecified atom stereocenters. The maximum absolute atomic E-state index is 12.6. The molecule has 1 amide bonds. The fourth-order valence-electron chi connectivity index (χ4n) is 4.99. The van der Waals surface area contributed by atoms with Crippen LogP contribution in [0, 0.1) is 0 Å². The van der Waals surface area contributed by atoms with Crippen LogP contribution in [0.5, 0.6) is 0 Å². The number of carbonyl (C=O) groups is 1. The van der Waals surface area contributed by atoms with Gasteiger partial charge in [-0.25, -0.2) is 4.57 Å². The average molecular weight is 657 g/mol. The van der Waals surface area contributed by atoms with Gasteiger partial charge in [-0.1, -0.05) is 147 Å². The van der Waals surface area contributed by atoms with Gasteiger partial charge in [0.15, 0.2) is 0 Å². The molecule has 45 heavy (non-hydrogen) atoms. The third-order valence-electron chi connectivity index (χ3n) is 7.71. The van der Waals surface area contributed by atoms with Crippen molar-refractivity contribution in [1.29, 1.82) is 0 Å². The molecule has 0 heterocycles. The van der Waals surface area contributed by atoms with Crippen LogP contribution in [0.2, 0.25) is 0 Å². The topological polar surface area (TPSA) is 131 Å². The molecule has 3 atom stereocenters. The van der Waals surface area contributed by atoms with Gasteiger partial charge in [-0.15, -0.1) is 0 Å². The molecule has 8 nitrogen and oxygen atoms in total. The lowest BCUT2D eigenvalue weighted by Crippen LogP contribution is -2.45. The van der Waals surface area contributed by atoms with E-state index in [2.05, 4.69) is 43.5 Å². The van der Waals surface area contributed by atoms with Crippen LogP contribution in [0.1, 0.15) is 155 Å². The molecule has 0 aromatic heterocycles. The van der Waals surface area contributed by atoms with Crippen LogP contribution < -0.4 is 11.1 Å². The molecule has 0 aliphatic carbocycles. The largest absolute Gasteiger partial charge is 0.472 e. The summed E-state index contributed by atoms with van der Waals surface area (Å²) in [7, 11) is -4.34. The van der Waals surface area contributed by atoms with Crippen LogP contribution in [-0.4, -0.2) is 47.8 Å². The summed E-state index contributed by atoms with van der Waals surface area (Å²) < 4.78 is 21.9. The van der Waals surface area contributed by atoms with Gasteiger partial charge in [0, 0.05) is 13.0 Å². The summed E-state index contributed by atoms with van der Waals surface area (Å²) in [6.45, 7) is 3.96. The van der Waals surface area contributed by atoms with Crippen molar-refractivity contribution in [2.24, 2.45) is 5.73 Å². The van der Waals surface area contributed by atoms with E-state index in [1.165, 1.54) is 83.5 Å². The molecule has 0 rings (SSSR count). The molecule has 264 valence electrons. The molecule has 0 saturated heterocycles. The first-order valence-corrected chi connectivity index (χ1v) is 19.6. The van der Waals surface area contributed by atoms with Crippen LogP contribution in [0.4, 0.5) is 0 Å². The van der Waals surface area contributed by atoms with E-state index < -0.39 is 20.0 Å². The molecule has 9 heteroatoms. The molecular formula is C36H69N2O6P. The fourth-order valence-corrected chi connectivity index (χ4v) is 5.75. The second-order valence-electron chi connectivity index (χ2n) is 12.0. The summed E-state index contributed by atoms with van der Waals surface area (Å²) in [6, 6.07) is -0.877. The van der Waals surface area contributed by atoms with Crippen molar-refractivity contribution in [3.63, 3.8) is 0 Å². The molecule has 0 aliphatic rings. The lowest BCUT2D eigenvalue weighted by Gasteiger charge is -2.23. The Morgan fingerprint density at radius 3 is 1.69 bits per heavy atom. The third kappa shape index (κ3) is 31.1. The number of nitrogens with one attached hydrogen (secondary N) is 1. The molecule has 0 aliphatic heterocycles. The van der Waals surface area contributed by atoms with E-state index in [0.29, 0.717) is 6.42 Å². The van der Waals surface area contributed by atoms with Crippen molar-refractivity contribution >= 4 is 13.7 Å². The van der Waals surface area contributed by atoms with Gasteiger partial charge in [0.05, 0.1) is 25.4 Å². The lowest BCUT2D eigenvalue weighted by atomic mass is 10.0. The number of rotatable bonds is 33. The fraction of sp³-hybridized carbons (Fsp3) is 0.806. The van der Waals surface area contributed by atoms with Crippen LogP contribution in [-0.2, 0) is 18.4 Å². The molecule has 0 bridgehead atoms. The summed E-state index contributed by atoms with van der Waals surface area (Å²) in [5, 5.41) is 13.5. The van der Waals surface area contributed by atoms with E-state index >= 15 is 0 Å². The number of phosphoric acid groups is 1. The zero-order chi connectivity index (χ0) is 33.3. The summed E-state index contributed by atoms with van der Waals surface area (Å²) >= 11 is 0. The van der Waals surface area contributed by atoms with Gasteiger partial charge >= 0.3 is 7.82 Å². The quantitative estimate of drug-likeness (QED) is 0.0315. The highest BCUT2D eigenvalue weighted by Crippen LogP contribution is 2.43. The minimum Gasteiger partial charge on any atom is -0.387 e. The Hall–Kier alpha value is -1.28. The van der Waals surface area contributed by atoms with E-state index in [-0.39, 0.29) is 25.7 Å². The minimum atomic E-state index is -4.34. The Morgan fingerprint density at radius 1 is 0.733 bits per heavy atom. The SMILES string of the molecule is CC/C=C/CC/C=C/CC/C=C/C(O)C(COP(=O)(O)OCCN)NC(=O)CCCCCCCCCCCCCCCCCC. The van der Waals surface area contributed by atoms with E-state index in [4.69, 9.17) is 14.8 Å². The highest BCUT2D eigenvalue weighted by molar-refractivity contribution is 7.47. The summed E-state index contributed by atoms with van der Waals surface area (Å²) in [5.41, 5.74) is 5.34. The van der Waals surface area contributed by atoms with Crippen LogP contribution in [0.3, 0.4) is 0 Å². The molecule has 5 N–H and O–H groups in total. The zero-order valence-corrected chi connectivity index (χ0v) is 29.7. The second-order valence-corrected chi connectivity index (χ2v) is 13.5. The number of aliphatic hydroxyl groups is 1. The summed E-state index contributed by atoms with van der Waals surface area (Å²) in [4.78, 5) is 22.5. The van der Waals surface area contributed by atoms with Crippen LogP contribution in [0.25, 0.3) is 0 Å². The number of allylic oxidation sites excluding steroid dienone is 5. The second kappa shape index (κ2) is 32.7. The summed E-state index contributed by atoms with van der Waals surface area (Å²) in [5.74, 6) is -0.211. The standard InChI is InChI=1S/C36H69N2O6P/c1-3-5-7-9-11-13-15-16-17-18-19-20-22-24-26-28-30-36(40)38-34(33-44-45(41,42)43-32-31-37)35(39)29-27-25-23-21-14-12-10-8-6-4-2/h6,8,14,21,27,29,34-35,39H,3-5,7,9-13,15-20,22-26,28,30-33,37H2,1-2H3,(H,38,40)(H,41,42)/b8-6+,21-14+,29-27+. The molecule has 0 fully saturated rings. The van der Waals surface area contributed by atoms with E-state index in [9.17, 15) is 19.4 Å². The first-order chi connectivity index (χ1) is 21.9. The number of carbonyl (C=O) groups excluding carboxylic acids is 1. The van der Waals surface area contributed by atoms with E-state index in [1.54, 1.807) is 6.08 Å². The average Bonchev–Trinajstić information content (AvgIpc) is 3.02. The Balaban J connectivity index is 4.30. The molecule has 0 saturated carbocycles. The first-order valence-electron chi connectivity index (χ1n) is 18.1. The molecular weight excluding hydrogens is 587 g/mol. The molecule has 0 radical (unpaired) electrons. The number of hydrogen-bond acceptors (Lipinski definition) is 6. The van der Waals surface area contributed by atoms with Gasteiger partial charge in [-0.05, 0) is 38.5 Å². The van der Waals surface area contributed by atoms with E-state index in [0.717, 1.165) is 51.4 Å². The highest BCUT2D eigenvalue weighted by Gasteiger charge is 2.26. The van der Waals surface area contributed by atoms with Crippen molar-refractivity contribution in [2.45, 2.75) is 167 Å². The van der Waals surface area contributed by atoms with Gasteiger partial charge in [0.2, 0.25) is 5.91 Å². The van der Waals surface area contributed by atoms with Crippen molar-refractivity contribution in [3.8, 4) is 0 Å². The Kier molecular flexibility index (Phi) is 31.7. The van der Waals surface area contributed by atoms with Gasteiger partial charge < -0.3 is 21.1 Å². The van der Waals surface area contributed by atoms with Crippen molar-refractivity contribution in [1.82, 2.24) is 5.32 Å². The van der Waals surface area contributed by atoms with Crippen LogP contribution >= 0.6 is 7.82 Å². The molecule has 0 aromatic rings. The summed E-state index contributed by atoms with van der Waals surface area (Å²) in [6.07, 6.45) is 36.3. The van der Waals surface area contributed by atoms with Gasteiger partial charge in [-0.2, -0.15) is 0 Å². The van der Waals surface area contributed by atoms with Gasteiger partial charge in [0.25, 0.3) is 0 Å². The maximum atomic E-state index is 12.6. The maximum Gasteiger partial charge on any atom is 0.472 e. The molecule has 0 spiro atoms. The molecule has 0 aromatic carbocycles. The third-order valence-corrected chi connectivity index (χ3v) is 8.69. The van der Waals surface area contributed by atoms with Gasteiger partial charge in [0.1, 0.15) is 0 Å². The monoisotopic (exact) mass is 656 g/mol. The Morgan fingerprint density at radius 2 is 1.20 bits per heavy atom. The number of hydrogen-bond donors (Lipinski definition) is 4. The lowest BCUT2D eigenvalue weighted by molar-refractivity contribution is -0.123. The predicted molar refractivity (Wildman–Crippen MR) is 189 cm³/mol. The normalized spacial score (nSPS) is 14.9. The van der Waals surface area contributed by atoms with Crippen LogP contribution in [0.15, 0.2) is 36.5 Å². The minimum absolute atomic E-state index is 0.0721. The highest BCUT2D eigenvalue weighted by atomic mass is 31.2. The Labute approximate surface area is 276 Å². The van der Waals surface area contributed by atoms with E-state index in [1.807, 2.05) is 6.08 Å². The number of unbranched alkanes of at least 4 members (excludes halogenated alkanes) is 17. The van der Waals surface area contributed by atoms with Crippen molar-refractivity contribution < 1.29 is 28.4 Å². The predicted octanol–water partition coefficient (Wildman–Crippen LogP) is 9.22. The number of nitrogens with two attached hydrogens (primary N) is 1. The Bertz CT molecular complexity index is 804. The van der Waals surface area contributed by atoms with Crippen molar-refractivity contribution in [3.05, 3.63) is 36.5 Å². The zero-order valence-electron chi connectivity index (χ0n) is 28.8. The van der Waals surface area contributed by atoms with Gasteiger partial charge in [-0.3, -0.25) is 13.8 Å². The van der Waals surface area contributed by atoms with Crippen molar-refractivity contribution in [2.75, 3.05) is 19.8 Å².